The molecule has 26 heavy (non-hydrogen) atoms. The zero-order chi connectivity index (χ0) is 18.8. The second-order valence-corrected chi connectivity index (χ2v) is 6.86. The van der Waals surface area contributed by atoms with Gasteiger partial charge in [0.25, 0.3) is 0 Å². The van der Waals surface area contributed by atoms with Gasteiger partial charge in [0, 0.05) is 24.0 Å². The molecule has 0 bridgehead atoms. The first kappa shape index (κ1) is 20.1. The van der Waals surface area contributed by atoms with Crippen molar-refractivity contribution in [1.29, 1.82) is 0 Å². The van der Waals surface area contributed by atoms with E-state index in [1.807, 2.05) is 0 Å². The number of aryl methyl sites for hydroxylation is 1. The molecule has 0 saturated heterocycles. The summed E-state index contributed by atoms with van der Waals surface area (Å²) < 4.78 is 0. The smallest absolute Gasteiger partial charge is 0.0368 e. The minimum atomic E-state index is 0.952. The van der Waals surface area contributed by atoms with Gasteiger partial charge in [0.2, 0.25) is 0 Å². The van der Waals surface area contributed by atoms with Crippen LogP contribution in [0.25, 0.3) is 10.8 Å². The van der Waals surface area contributed by atoms with Gasteiger partial charge in [-0.1, -0.05) is 88.5 Å². The summed E-state index contributed by atoms with van der Waals surface area (Å²) in [4.78, 5) is 0. The van der Waals surface area contributed by atoms with E-state index in [1.165, 1.54) is 33.0 Å². The molecule has 136 valence electrons. The Balaban J connectivity index is 2.85. The molecule has 0 saturated carbocycles. The van der Waals surface area contributed by atoms with Gasteiger partial charge in [0.1, 0.15) is 0 Å². The fourth-order valence-electron chi connectivity index (χ4n) is 3.42. The summed E-state index contributed by atoms with van der Waals surface area (Å²) in [5.74, 6) is 13.9. The van der Waals surface area contributed by atoms with E-state index < -0.39 is 0 Å². The zero-order valence-corrected chi connectivity index (χ0v) is 17.0. The van der Waals surface area contributed by atoms with Crippen LogP contribution in [0.15, 0.2) is 24.3 Å². The third-order valence-electron chi connectivity index (χ3n) is 4.60. The molecule has 0 amide bonds. The lowest BCUT2D eigenvalue weighted by Crippen LogP contribution is -2.03. The van der Waals surface area contributed by atoms with Crippen molar-refractivity contribution in [2.24, 2.45) is 0 Å². The molecule has 0 heterocycles. The summed E-state index contributed by atoms with van der Waals surface area (Å²) in [6.45, 7) is 8.88. The Kier molecular flexibility index (Phi) is 8.31. The minimum Gasteiger partial charge on any atom is -0.0979 e. The van der Waals surface area contributed by atoms with Crippen LogP contribution in [0.2, 0.25) is 0 Å². The quantitative estimate of drug-likeness (QED) is 0.493. The van der Waals surface area contributed by atoms with Crippen molar-refractivity contribution in [1.82, 2.24) is 0 Å². The fourth-order valence-corrected chi connectivity index (χ4v) is 3.42. The van der Waals surface area contributed by atoms with E-state index >= 15 is 0 Å². The molecule has 0 atom stereocenters. The second-order valence-electron chi connectivity index (χ2n) is 6.86. The first-order valence-corrected chi connectivity index (χ1v) is 10.3. The van der Waals surface area contributed by atoms with Crippen LogP contribution in [0.1, 0.15) is 88.5 Å². The molecule has 0 fully saturated rings. The molecule has 0 aliphatic heterocycles. The van der Waals surface area contributed by atoms with Gasteiger partial charge in [0.05, 0.1) is 0 Å². The highest BCUT2D eigenvalue weighted by Gasteiger charge is 2.16. The van der Waals surface area contributed by atoms with Crippen molar-refractivity contribution in [3.8, 4) is 23.7 Å². The SMILES string of the molecule is CCCC#Cc1c(CCC)c(C#CCCC)c2ccccc2c1CCC. The highest BCUT2D eigenvalue weighted by Crippen LogP contribution is 2.32. The maximum absolute atomic E-state index is 3.56. The molecular weight excluding hydrogens is 312 g/mol. The number of rotatable bonds is 6. The molecule has 0 nitrogen and oxygen atoms in total. The van der Waals surface area contributed by atoms with E-state index in [0.717, 1.165) is 51.4 Å². The monoisotopic (exact) mass is 344 g/mol. The summed E-state index contributed by atoms with van der Waals surface area (Å²) in [6.07, 6.45) is 8.51. The highest BCUT2D eigenvalue weighted by molar-refractivity contribution is 5.94. The molecule has 2 aromatic carbocycles. The summed E-state index contributed by atoms with van der Waals surface area (Å²) in [5, 5.41) is 2.65. The van der Waals surface area contributed by atoms with Crippen LogP contribution in [0.5, 0.6) is 0 Å². The Morgan fingerprint density at radius 1 is 0.615 bits per heavy atom. The van der Waals surface area contributed by atoms with E-state index in [1.54, 1.807) is 0 Å². The molecule has 2 aromatic rings. The molecule has 0 aliphatic carbocycles. The lowest BCUT2D eigenvalue weighted by molar-refractivity contribution is 0.894. The molecule has 0 aliphatic rings. The van der Waals surface area contributed by atoms with Gasteiger partial charge in [-0.05, 0) is 47.6 Å². The first-order valence-electron chi connectivity index (χ1n) is 10.3. The van der Waals surface area contributed by atoms with Gasteiger partial charge in [-0.2, -0.15) is 0 Å². The van der Waals surface area contributed by atoms with Crippen LogP contribution in [0.3, 0.4) is 0 Å². The maximum Gasteiger partial charge on any atom is 0.0368 e. The third-order valence-corrected chi connectivity index (χ3v) is 4.60. The topological polar surface area (TPSA) is 0 Å². The van der Waals surface area contributed by atoms with Gasteiger partial charge in [-0.3, -0.25) is 0 Å². The second kappa shape index (κ2) is 10.7. The zero-order valence-electron chi connectivity index (χ0n) is 17.0. The molecule has 2 rings (SSSR count). The Morgan fingerprint density at radius 2 is 1.15 bits per heavy atom. The average molecular weight is 345 g/mol. The first-order chi connectivity index (χ1) is 12.8. The van der Waals surface area contributed by atoms with Gasteiger partial charge in [-0.15, -0.1) is 0 Å². The number of unbranched alkanes of at least 4 members (excludes halogenated alkanes) is 2. The van der Waals surface area contributed by atoms with Crippen LogP contribution < -0.4 is 0 Å². The number of benzene rings is 2. The van der Waals surface area contributed by atoms with Gasteiger partial charge < -0.3 is 0 Å². The van der Waals surface area contributed by atoms with E-state index in [4.69, 9.17) is 0 Å². The van der Waals surface area contributed by atoms with Crippen molar-refractivity contribution in [2.45, 2.75) is 79.1 Å². The average Bonchev–Trinajstić information content (AvgIpc) is 2.66. The molecule has 0 spiro atoms. The minimum absolute atomic E-state index is 0.952. The van der Waals surface area contributed by atoms with Crippen molar-refractivity contribution < 1.29 is 0 Å². The molecule has 0 heteroatoms. The molecule has 0 N–H and O–H groups in total. The van der Waals surface area contributed by atoms with Crippen molar-refractivity contribution in [3.05, 3.63) is 46.5 Å². The lowest BCUT2D eigenvalue weighted by atomic mass is 9.85. The molecular formula is C26H32. The maximum atomic E-state index is 3.56. The van der Waals surface area contributed by atoms with Gasteiger partial charge >= 0.3 is 0 Å². The van der Waals surface area contributed by atoms with Crippen molar-refractivity contribution in [3.63, 3.8) is 0 Å². The van der Waals surface area contributed by atoms with Gasteiger partial charge in [-0.25, -0.2) is 0 Å². The van der Waals surface area contributed by atoms with E-state index in [0.29, 0.717) is 0 Å². The lowest BCUT2D eigenvalue weighted by Gasteiger charge is -2.17. The normalized spacial score (nSPS) is 10.2. The van der Waals surface area contributed by atoms with E-state index in [2.05, 4.69) is 75.6 Å². The number of hydrogen-bond donors (Lipinski definition) is 0. The van der Waals surface area contributed by atoms with Crippen molar-refractivity contribution >= 4 is 10.8 Å². The largest absolute Gasteiger partial charge is 0.0979 e. The van der Waals surface area contributed by atoms with E-state index in [-0.39, 0.29) is 0 Å². The summed E-state index contributed by atoms with van der Waals surface area (Å²) >= 11 is 0. The Morgan fingerprint density at radius 3 is 1.73 bits per heavy atom. The Labute approximate surface area is 160 Å². The Hall–Kier alpha value is -2.18. The van der Waals surface area contributed by atoms with Gasteiger partial charge in [0.15, 0.2) is 0 Å². The predicted molar refractivity (Wildman–Crippen MR) is 116 cm³/mol. The number of fused-ring (bicyclic) bond motifs is 1. The predicted octanol–water partition coefficient (Wildman–Crippen LogP) is 7.05. The van der Waals surface area contributed by atoms with Crippen LogP contribution in [-0.4, -0.2) is 0 Å². The standard InChI is InChI=1S/C26H32/c1-5-9-11-17-23-21(15-7-3)24(18-12-10-6-2)26-20-14-13-19-25(26)22(23)16-8-4/h13-14,19-20H,5-10,15-16H2,1-4H3. The third kappa shape index (κ3) is 4.71. The summed E-state index contributed by atoms with van der Waals surface area (Å²) in [6, 6.07) is 8.79. The molecule has 0 unspecified atom stereocenters. The number of hydrogen-bond acceptors (Lipinski definition) is 0. The summed E-state index contributed by atoms with van der Waals surface area (Å²) in [7, 11) is 0. The fraction of sp³-hybridized carbons (Fsp3) is 0.462. The van der Waals surface area contributed by atoms with E-state index in [9.17, 15) is 0 Å². The van der Waals surface area contributed by atoms with Crippen molar-refractivity contribution in [2.75, 3.05) is 0 Å². The molecule has 0 aromatic heterocycles. The molecule has 0 radical (unpaired) electrons. The Bertz CT molecular complexity index is 847. The highest BCUT2D eigenvalue weighted by atomic mass is 14.2. The summed E-state index contributed by atoms with van der Waals surface area (Å²) in [5.41, 5.74) is 5.29. The van der Waals surface area contributed by atoms with Crippen LogP contribution >= 0.6 is 0 Å². The van der Waals surface area contributed by atoms with Crippen LogP contribution in [0.4, 0.5) is 0 Å². The van der Waals surface area contributed by atoms with Crippen LogP contribution in [0, 0.1) is 23.7 Å². The van der Waals surface area contributed by atoms with Crippen LogP contribution in [-0.2, 0) is 12.8 Å².